The van der Waals surface area contributed by atoms with Crippen molar-refractivity contribution in [3.8, 4) is 11.5 Å². The molecular weight excluding hydrogens is 320 g/mol. The standard InChI is InChI=1S/C19H24N2O4/c1-4-9-25-17-8-7-15(11-18(17)23-3)12-20-14(2)19(22)21-13-16-6-5-10-24-16/h4-8,10-11,14,20H,1,9,12-13H2,2-3H3,(H,21,22). The molecule has 0 bridgehead atoms. The fourth-order valence-corrected chi connectivity index (χ4v) is 2.19. The van der Waals surface area contributed by atoms with E-state index in [1.165, 1.54) is 0 Å². The molecule has 0 spiro atoms. The molecule has 0 aliphatic rings. The maximum absolute atomic E-state index is 12.1. The van der Waals surface area contributed by atoms with Gasteiger partial charge in [-0.1, -0.05) is 18.7 Å². The van der Waals surface area contributed by atoms with Crippen LogP contribution in [0, 0.1) is 0 Å². The smallest absolute Gasteiger partial charge is 0.237 e. The fraction of sp³-hybridized carbons (Fsp3) is 0.316. The zero-order valence-corrected chi connectivity index (χ0v) is 14.6. The van der Waals surface area contributed by atoms with Crippen LogP contribution in [0.3, 0.4) is 0 Å². The van der Waals surface area contributed by atoms with E-state index >= 15 is 0 Å². The van der Waals surface area contributed by atoms with Crippen LogP contribution >= 0.6 is 0 Å². The lowest BCUT2D eigenvalue weighted by molar-refractivity contribution is -0.123. The Kier molecular flexibility index (Phi) is 7.10. The van der Waals surface area contributed by atoms with E-state index in [1.807, 2.05) is 31.2 Å². The van der Waals surface area contributed by atoms with Gasteiger partial charge in [0, 0.05) is 6.54 Å². The maximum atomic E-state index is 12.1. The fourth-order valence-electron chi connectivity index (χ4n) is 2.19. The number of methoxy groups -OCH3 is 1. The van der Waals surface area contributed by atoms with Gasteiger partial charge in [-0.2, -0.15) is 0 Å². The van der Waals surface area contributed by atoms with Crippen molar-refractivity contribution in [3.05, 3.63) is 60.6 Å². The van der Waals surface area contributed by atoms with Crippen molar-refractivity contribution in [2.75, 3.05) is 13.7 Å². The Morgan fingerprint density at radius 2 is 2.16 bits per heavy atom. The van der Waals surface area contributed by atoms with Crippen LogP contribution in [-0.2, 0) is 17.9 Å². The van der Waals surface area contributed by atoms with Gasteiger partial charge >= 0.3 is 0 Å². The summed E-state index contributed by atoms with van der Waals surface area (Å²) in [6, 6.07) is 8.94. The zero-order chi connectivity index (χ0) is 18.1. The van der Waals surface area contributed by atoms with E-state index in [0.717, 1.165) is 11.3 Å². The molecule has 134 valence electrons. The van der Waals surface area contributed by atoms with Crippen molar-refractivity contribution >= 4 is 5.91 Å². The third-order valence-corrected chi connectivity index (χ3v) is 3.61. The molecule has 2 N–H and O–H groups in total. The number of amides is 1. The number of carbonyl (C=O) groups is 1. The minimum Gasteiger partial charge on any atom is -0.493 e. The summed E-state index contributed by atoms with van der Waals surface area (Å²) in [5.74, 6) is 1.95. The second kappa shape index (κ2) is 9.54. The molecule has 1 aromatic heterocycles. The highest BCUT2D eigenvalue weighted by molar-refractivity contribution is 5.81. The first-order valence-electron chi connectivity index (χ1n) is 8.08. The first-order chi connectivity index (χ1) is 12.1. The highest BCUT2D eigenvalue weighted by atomic mass is 16.5. The van der Waals surface area contributed by atoms with Crippen molar-refractivity contribution in [3.63, 3.8) is 0 Å². The Balaban J connectivity index is 1.84. The van der Waals surface area contributed by atoms with Crippen LogP contribution in [0.25, 0.3) is 0 Å². The molecule has 0 fully saturated rings. The van der Waals surface area contributed by atoms with Crippen molar-refractivity contribution in [1.82, 2.24) is 10.6 Å². The van der Waals surface area contributed by atoms with Gasteiger partial charge in [0.15, 0.2) is 11.5 Å². The van der Waals surface area contributed by atoms with Gasteiger partial charge in [0.05, 0.1) is 26.0 Å². The molecule has 0 saturated heterocycles. The van der Waals surface area contributed by atoms with Gasteiger partial charge in [0.1, 0.15) is 12.4 Å². The molecule has 1 heterocycles. The van der Waals surface area contributed by atoms with Crippen LogP contribution in [0.2, 0.25) is 0 Å². The van der Waals surface area contributed by atoms with Crippen molar-refractivity contribution in [2.45, 2.75) is 26.1 Å². The van der Waals surface area contributed by atoms with E-state index in [1.54, 1.807) is 25.5 Å². The van der Waals surface area contributed by atoms with Crippen LogP contribution in [0.15, 0.2) is 53.7 Å². The van der Waals surface area contributed by atoms with Crippen LogP contribution < -0.4 is 20.1 Å². The maximum Gasteiger partial charge on any atom is 0.237 e. The Hall–Kier alpha value is -2.73. The van der Waals surface area contributed by atoms with Gasteiger partial charge in [0.2, 0.25) is 5.91 Å². The highest BCUT2D eigenvalue weighted by Gasteiger charge is 2.13. The third-order valence-electron chi connectivity index (χ3n) is 3.61. The van der Waals surface area contributed by atoms with E-state index in [9.17, 15) is 4.79 Å². The predicted molar refractivity (Wildman–Crippen MR) is 95.5 cm³/mol. The second-order valence-electron chi connectivity index (χ2n) is 5.48. The molecule has 25 heavy (non-hydrogen) atoms. The summed E-state index contributed by atoms with van der Waals surface area (Å²) in [4.78, 5) is 12.1. The number of ether oxygens (including phenoxy) is 2. The number of hydrogen-bond acceptors (Lipinski definition) is 5. The molecule has 0 radical (unpaired) electrons. The molecule has 2 aromatic rings. The lowest BCUT2D eigenvalue weighted by atomic mass is 10.2. The Morgan fingerprint density at radius 3 is 2.84 bits per heavy atom. The van der Waals surface area contributed by atoms with E-state index in [2.05, 4.69) is 17.2 Å². The lowest BCUT2D eigenvalue weighted by Gasteiger charge is -2.15. The lowest BCUT2D eigenvalue weighted by Crippen LogP contribution is -2.41. The highest BCUT2D eigenvalue weighted by Crippen LogP contribution is 2.28. The topological polar surface area (TPSA) is 72.7 Å². The van der Waals surface area contributed by atoms with Crippen LogP contribution in [0.4, 0.5) is 0 Å². The van der Waals surface area contributed by atoms with Crippen molar-refractivity contribution < 1.29 is 18.7 Å². The Morgan fingerprint density at radius 1 is 1.32 bits per heavy atom. The van der Waals surface area contributed by atoms with Gasteiger partial charge in [-0.15, -0.1) is 0 Å². The van der Waals surface area contributed by atoms with E-state index in [-0.39, 0.29) is 11.9 Å². The van der Waals surface area contributed by atoms with Crippen molar-refractivity contribution in [1.29, 1.82) is 0 Å². The number of rotatable bonds is 10. The summed E-state index contributed by atoms with van der Waals surface area (Å²) in [5.41, 5.74) is 0.994. The van der Waals surface area contributed by atoms with Gasteiger partial charge in [-0.25, -0.2) is 0 Å². The number of nitrogens with one attached hydrogen (secondary N) is 2. The van der Waals surface area contributed by atoms with E-state index in [4.69, 9.17) is 13.9 Å². The van der Waals surface area contributed by atoms with E-state index < -0.39 is 0 Å². The average Bonchev–Trinajstić information content (AvgIpc) is 3.16. The molecule has 0 aliphatic carbocycles. The van der Waals surface area contributed by atoms with E-state index in [0.29, 0.717) is 31.2 Å². The Labute approximate surface area is 147 Å². The zero-order valence-electron chi connectivity index (χ0n) is 14.6. The SMILES string of the molecule is C=CCOc1ccc(CNC(C)C(=O)NCc2ccco2)cc1OC. The molecular formula is C19H24N2O4. The number of furan rings is 1. The average molecular weight is 344 g/mol. The minimum atomic E-state index is -0.336. The molecule has 1 atom stereocenters. The molecule has 6 heteroatoms. The monoisotopic (exact) mass is 344 g/mol. The van der Waals surface area contributed by atoms with Gasteiger partial charge in [-0.05, 0) is 36.8 Å². The summed E-state index contributed by atoms with van der Waals surface area (Å²) >= 11 is 0. The van der Waals surface area contributed by atoms with Crippen LogP contribution in [0.5, 0.6) is 11.5 Å². The van der Waals surface area contributed by atoms with Crippen molar-refractivity contribution in [2.24, 2.45) is 0 Å². The van der Waals surface area contributed by atoms with Crippen LogP contribution in [0.1, 0.15) is 18.2 Å². The number of benzene rings is 1. The molecule has 0 saturated carbocycles. The molecule has 2 rings (SSSR count). The normalized spacial score (nSPS) is 11.6. The predicted octanol–water partition coefficient (Wildman–Crippen LogP) is 2.65. The molecule has 0 aliphatic heterocycles. The summed E-state index contributed by atoms with van der Waals surface area (Å²) in [6.45, 7) is 6.77. The molecule has 1 unspecified atom stereocenters. The number of hydrogen-bond donors (Lipinski definition) is 2. The second-order valence-corrected chi connectivity index (χ2v) is 5.48. The summed E-state index contributed by atoms with van der Waals surface area (Å²) in [6.07, 6.45) is 3.26. The minimum absolute atomic E-state index is 0.0886. The quantitative estimate of drug-likeness (QED) is 0.648. The summed E-state index contributed by atoms with van der Waals surface area (Å²) < 4.78 is 16.1. The third kappa shape index (κ3) is 5.69. The summed E-state index contributed by atoms with van der Waals surface area (Å²) in [7, 11) is 1.60. The van der Waals surface area contributed by atoms with Gasteiger partial charge in [0.25, 0.3) is 0 Å². The number of carbonyl (C=O) groups excluding carboxylic acids is 1. The largest absolute Gasteiger partial charge is 0.493 e. The molecule has 1 aromatic carbocycles. The van der Waals surface area contributed by atoms with Gasteiger partial charge < -0.3 is 24.5 Å². The van der Waals surface area contributed by atoms with Gasteiger partial charge in [-0.3, -0.25) is 4.79 Å². The van der Waals surface area contributed by atoms with Crippen LogP contribution in [-0.4, -0.2) is 25.7 Å². The Bertz CT molecular complexity index is 683. The molecule has 1 amide bonds. The molecule has 6 nitrogen and oxygen atoms in total. The first kappa shape index (κ1) is 18.6. The summed E-state index contributed by atoms with van der Waals surface area (Å²) in [5, 5.41) is 6.01. The first-order valence-corrected chi connectivity index (χ1v) is 8.08.